The van der Waals surface area contributed by atoms with E-state index >= 15 is 0 Å². The predicted molar refractivity (Wildman–Crippen MR) is 82.7 cm³/mol. The SMILES string of the molecule is COC(=O)COc1cccc(NC(=O)C2(C)CCCS2)c1. The zero-order valence-corrected chi connectivity index (χ0v) is 13.0. The molecule has 2 rings (SSSR count). The van der Waals surface area contributed by atoms with Gasteiger partial charge in [-0.05, 0) is 37.7 Å². The van der Waals surface area contributed by atoms with Gasteiger partial charge in [0, 0.05) is 11.8 Å². The summed E-state index contributed by atoms with van der Waals surface area (Å²) in [5.41, 5.74) is 0.663. The number of carbonyl (C=O) groups is 2. The Morgan fingerprint density at radius 1 is 1.43 bits per heavy atom. The fourth-order valence-electron chi connectivity index (χ4n) is 2.09. The summed E-state index contributed by atoms with van der Waals surface area (Å²) in [7, 11) is 1.31. The molecule has 0 bridgehead atoms. The van der Waals surface area contributed by atoms with Crippen LogP contribution >= 0.6 is 11.8 Å². The van der Waals surface area contributed by atoms with Crippen LogP contribution in [0.15, 0.2) is 24.3 Å². The molecule has 1 aliphatic heterocycles. The van der Waals surface area contributed by atoms with Crippen molar-refractivity contribution in [3.63, 3.8) is 0 Å². The molecule has 1 amide bonds. The molecule has 0 aromatic heterocycles. The van der Waals surface area contributed by atoms with E-state index < -0.39 is 5.97 Å². The molecule has 1 aromatic rings. The zero-order chi connectivity index (χ0) is 15.3. The normalized spacial score (nSPS) is 20.9. The van der Waals surface area contributed by atoms with E-state index in [1.165, 1.54) is 7.11 Å². The first-order chi connectivity index (χ1) is 10.0. The summed E-state index contributed by atoms with van der Waals surface area (Å²) in [5.74, 6) is 1.10. The second-order valence-electron chi connectivity index (χ2n) is 5.03. The third-order valence-electron chi connectivity index (χ3n) is 3.38. The highest BCUT2D eigenvalue weighted by atomic mass is 32.2. The maximum Gasteiger partial charge on any atom is 0.343 e. The molecule has 1 fully saturated rings. The lowest BCUT2D eigenvalue weighted by Gasteiger charge is -2.21. The standard InChI is InChI=1S/C15H19NO4S/c1-15(7-4-8-21-15)14(18)16-11-5-3-6-12(9-11)20-10-13(17)19-2/h3,5-6,9H,4,7-8,10H2,1-2H3,(H,16,18). The van der Waals surface area contributed by atoms with Crippen molar-refractivity contribution in [2.45, 2.75) is 24.5 Å². The van der Waals surface area contributed by atoms with E-state index in [1.54, 1.807) is 36.0 Å². The Morgan fingerprint density at radius 3 is 2.90 bits per heavy atom. The Kier molecular flexibility index (Phi) is 5.12. The van der Waals surface area contributed by atoms with E-state index in [9.17, 15) is 9.59 Å². The van der Waals surface area contributed by atoms with Crippen LogP contribution in [0.3, 0.4) is 0 Å². The highest BCUT2D eigenvalue weighted by molar-refractivity contribution is 8.01. The maximum absolute atomic E-state index is 12.3. The van der Waals surface area contributed by atoms with Crippen LogP contribution in [0.2, 0.25) is 0 Å². The number of hydrogen-bond donors (Lipinski definition) is 1. The lowest BCUT2D eigenvalue weighted by atomic mass is 10.0. The van der Waals surface area contributed by atoms with E-state index in [-0.39, 0.29) is 17.3 Å². The van der Waals surface area contributed by atoms with E-state index in [1.807, 2.05) is 6.92 Å². The van der Waals surface area contributed by atoms with Gasteiger partial charge in [-0.2, -0.15) is 0 Å². The van der Waals surface area contributed by atoms with Crippen molar-refractivity contribution in [3.05, 3.63) is 24.3 Å². The van der Waals surface area contributed by atoms with Crippen LogP contribution in [0.1, 0.15) is 19.8 Å². The molecule has 1 saturated heterocycles. The molecule has 114 valence electrons. The molecule has 1 atom stereocenters. The highest BCUT2D eigenvalue weighted by Crippen LogP contribution is 2.38. The Bertz CT molecular complexity index is 526. The number of rotatable bonds is 5. The van der Waals surface area contributed by atoms with Gasteiger partial charge in [0.25, 0.3) is 0 Å². The fourth-order valence-corrected chi connectivity index (χ4v) is 3.30. The van der Waals surface area contributed by atoms with Crippen LogP contribution in [0.4, 0.5) is 5.69 Å². The highest BCUT2D eigenvalue weighted by Gasteiger charge is 2.37. The van der Waals surface area contributed by atoms with Gasteiger partial charge in [-0.15, -0.1) is 11.8 Å². The lowest BCUT2D eigenvalue weighted by molar-refractivity contribution is -0.142. The van der Waals surface area contributed by atoms with Crippen LogP contribution in [0.5, 0.6) is 5.75 Å². The number of amides is 1. The summed E-state index contributed by atoms with van der Waals surface area (Å²) in [5, 5.41) is 2.91. The molecule has 21 heavy (non-hydrogen) atoms. The molecule has 1 unspecified atom stereocenters. The van der Waals surface area contributed by atoms with Crippen molar-refractivity contribution in [3.8, 4) is 5.75 Å². The smallest absolute Gasteiger partial charge is 0.343 e. The molecule has 1 aromatic carbocycles. The minimum atomic E-state index is -0.445. The first-order valence-electron chi connectivity index (χ1n) is 6.78. The molecule has 6 heteroatoms. The van der Waals surface area contributed by atoms with E-state index in [0.717, 1.165) is 18.6 Å². The number of nitrogens with one attached hydrogen (secondary N) is 1. The van der Waals surface area contributed by atoms with Gasteiger partial charge < -0.3 is 14.8 Å². The van der Waals surface area contributed by atoms with Crippen molar-refractivity contribution in [1.82, 2.24) is 0 Å². The summed E-state index contributed by atoms with van der Waals surface area (Å²) in [4.78, 5) is 23.4. The van der Waals surface area contributed by atoms with Crippen LogP contribution < -0.4 is 10.1 Å². The van der Waals surface area contributed by atoms with Crippen molar-refractivity contribution >= 4 is 29.3 Å². The molecular weight excluding hydrogens is 290 g/mol. The predicted octanol–water partition coefficient (Wildman–Crippen LogP) is 2.46. The minimum Gasteiger partial charge on any atom is -0.482 e. The van der Waals surface area contributed by atoms with Gasteiger partial charge in [-0.1, -0.05) is 6.07 Å². The van der Waals surface area contributed by atoms with Crippen LogP contribution in [0, 0.1) is 0 Å². The molecule has 5 nitrogen and oxygen atoms in total. The zero-order valence-electron chi connectivity index (χ0n) is 12.2. The fraction of sp³-hybridized carbons (Fsp3) is 0.467. The number of thioether (sulfide) groups is 1. The van der Waals surface area contributed by atoms with E-state index in [0.29, 0.717) is 11.4 Å². The van der Waals surface area contributed by atoms with Gasteiger partial charge >= 0.3 is 5.97 Å². The monoisotopic (exact) mass is 309 g/mol. The summed E-state index contributed by atoms with van der Waals surface area (Å²) < 4.78 is 9.45. The third-order valence-corrected chi connectivity index (χ3v) is 4.89. The quantitative estimate of drug-likeness (QED) is 0.847. The Balaban J connectivity index is 1.97. The van der Waals surface area contributed by atoms with Crippen molar-refractivity contribution in [2.75, 3.05) is 24.8 Å². The number of carbonyl (C=O) groups excluding carboxylic acids is 2. The van der Waals surface area contributed by atoms with Gasteiger partial charge in [0.15, 0.2) is 6.61 Å². The number of methoxy groups -OCH3 is 1. The number of anilines is 1. The topological polar surface area (TPSA) is 64.6 Å². The number of ether oxygens (including phenoxy) is 2. The van der Waals surface area contributed by atoms with E-state index in [2.05, 4.69) is 10.1 Å². The largest absolute Gasteiger partial charge is 0.482 e. The number of hydrogen-bond acceptors (Lipinski definition) is 5. The first kappa shape index (κ1) is 15.7. The summed E-state index contributed by atoms with van der Waals surface area (Å²) in [6, 6.07) is 6.99. The number of esters is 1. The van der Waals surface area contributed by atoms with Crippen LogP contribution in [-0.2, 0) is 14.3 Å². The first-order valence-corrected chi connectivity index (χ1v) is 7.77. The Hall–Kier alpha value is -1.69. The van der Waals surface area contributed by atoms with Crippen LogP contribution in [0.25, 0.3) is 0 Å². The maximum atomic E-state index is 12.3. The molecule has 0 aliphatic carbocycles. The van der Waals surface area contributed by atoms with Gasteiger partial charge in [-0.25, -0.2) is 4.79 Å². The third kappa shape index (κ3) is 4.14. The molecule has 1 aliphatic rings. The molecule has 1 N–H and O–H groups in total. The van der Waals surface area contributed by atoms with Gasteiger partial charge in [-0.3, -0.25) is 4.79 Å². The lowest BCUT2D eigenvalue weighted by Crippen LogP contribution is -2.34. The molecule has 0 saturated carbocycles. The van der Waals surface area contributed by atoms with Gasteiger partial charge in [0.05, 0.1) is 11.9 Å². The summed E-state index contributed by atoms with van der Waals surface area (Å²) in [6.07, 6.45) is 1.96. The van der Waals surface area contributed by atoms with Gasteiger partial charge in [0.2, 0.25) is 5.91 Å². The van der Waals surface area contributed by atoms with Crippen molar-refractivity contribution in [2.24, 2.45) is 0 Å². The van der Waals surface area contributed by atoms with Crippen molar-refractivity contribution < 1.29 is 19.1 Å². The Labute approximate surface area is 128 Å². The molecular formula is C15H19NO4S. The molecule has 1 heterocycles. The molecule has 0 radical (unpaired) electrons. The van der Waals surface area contributed by atoms with Crippen molar-refractivity contribution in [1.29, 1.82) is 0 Å². The van der Waals surface area contributed by atoms with E-state index in [4.69, 9.17) is 4.74 Å². The Morgan fingerprint density at radius 2 is 2.24 bits per heavy atom. The summed E-state index contributed by atoms with van der Waals surface area (Å²) >= 11 is 1.69. The van der Waals surface area contributed by atoms with Gasteiger partial charge in [0.1, 0.15) is 5.75 Å². The number of benzene rings is 1. The second-order valence-corrected chi connectivity index (χ2v) is 6.63. The second kappa shape index (κ2) is 6.85. The summed E-state index contributed by atoms with van der Waals surface area (Å²) in [6.45, 7) is 1.82. The molecule has 0 spiro atoms. The van der Waals surface area contributed by atoms with Crippen LogP contribution in [-0.4, -0.2) is 36.1 Å². The average Bonchev–Trinajstić information content (AvgIpc) is 2.93. The average molecular weight is 309 g/mol. The minimum absolute atomic E-state index is 0.00937.